The lowest BCUT2D eigenvalue weighted by molar-refractivity contribution is -0.142. The molecule has 9 N–H and O–H groups in total. The molecular weight excluding hydrogens is 816 g/mol. The van der Waals surface area contributed by atoms with Crippen molar-refractivity contribution < 1.29 is 78.8 Å². The van der Waals surface area contributed by atoms with E-state index in [2.05, 4.69) is 15.0 Å². The van der Waals surface area contributed by atoms with E-state index in [0.717, 1.165) is 0 Å². The fourth-order valence-electron chi connectivity index (χ4n) is 7.57. The highest BCUT2D eigenvalue weighted by molar-refractivity contribution is 6.02. The van der Waals surface area contributed by atoms with Crippen molar-refractivity contribution in [3.63, 3.8) is 0 Å². The zero-order chi connectivity index (χ0) is 45.4. The van der Waals surface area contributed by atoms with Crippen LogP contribution in [-0.2, 0) is 68.8 Å². The normalized spacial score (nSPS) is 12.3. The number of ether oxygens (including phenoxy) is 1. The minimum Gasteiger partial charge on any atom is -0.481 e. The van der Waals surface area contributed by atoms with Crippen molar-refractivity contribution in [3.05, 3.63) is 69.3 Å². The smallest absolute Gasteiger partial charge is 0.310 e. The van der Waals surface area contributed by atoms with Crippen LogP contribution in [0.25, 0.3) is 44.4 Å². The van der Waals surface area contributed by atoms with Gasteiger partial charge in [-0.05, 0) is 101 Å². The largest absolute Gasteiger partial charge is 0.481 e. The monoisotopic (exact) mass is 858 g/mol. The number of hydrogen-bond donors (Lipinski definition) is 9. The third kappa shape index (κ3) is 11.1. The van der Waals surface area contributed by atoms with Gasteiger partial charge < -0.3 is 50.5 Å². The van der Waals surface area contributed by atoms with Crippen LogP contribution in [0.4, 0.5) is 0 Å². The molecule has 0 amide bonds. The molecule has 5 rings (SSSR count). The van der Waals surface area contributed by atoms with Crippen LogP contribution >= 0.6 is 0 Å². The van der Waals surface area contributed by atoms with Gasteiger partial charge in [-0.2, -0.15) is 0 Å². The number of carbonyl (C=O) groups is 8. The average Bonchev–Trinajstić information content (AvgIpc) is 3.85. The fraction of sp³-hybridized carbons (Fsp3) is 0.333. The number of H-pyrrole nitrogens is 2. The van der Waals surface area contributed by atoms with Gasteiger partial charge in [0, 0.05) is 47.8 Å². The number of nitrogens with one attached hydrogen (secondary N) is 2. The summed E-state index contributed by atoms with van der Waals surface area (Å²) in [7, 11) is 0. The first kappa shape index (κ1) is 45.4. The Kier molecular flexibility index (Phi) is 14.4. The van der Waals surface area contributed by atoms with Crippen molar-refractivity contribution in [2.24, 2.45) is 0 Å². The number of aryl methyl sites for hydroxylation is 2. The van der Waals surface area contributed by atoms with Gasteiger partial charge in [-0.1, -0.05) is 0 Å². The zero-order valence-corrected chi connectivity index (χ0v) is 33.2. The Labute approximate surface area is 350 Å². The van der Waals surface area contributed by atoms with Crippen LogP contribution in [0.2, 0.25) is 0 Å². The molecule has 20 nitrogen and oxygen atoms in total. The van der Waals surface area contributed by atoms with Gasteiger partial charge in [-0.25, -0.2) is 9.97 Å². The summed E-state index contributed by atoms with van der Waals surface area (Å²) in [5, 5.41) is 69.0. The number of aromatic amines is 2. The molecule has 0 atom stereocenters. The molecule has 3 aromatic rings. The number of aromatic nitrogens is 4. The Morgan fingerprint density at radius 2 is 0.790 bits per heavy atom. The molecule has 0 radical (unpaired) electrons. The molecule has 0 spiro atoms. The highest BCUT2D eigenvalue weighted by atomic mass is 16.5. The highest BCUT2D eigenvalue weighted by Crippen LogP contribution is 2.40. The topological polar surface area (TPSA) is 345 Å². The van der Waals surface area contributed by atoms with Gasteiger partial charge in [0.05, 0.1) is 55.1 Å². The number of esters is 1. The summed E-state index contributed by atoms with van der Waals surface area (Å²) in [4.78, 5) is 114. The lowest BCUT2D eigenvalue weighted by Crippen LogP contribution is -2.09. The summed E-state index contributed by atoms with van der Waals surface area (Å²) in [6, 6.07) is 5.58. The Hall–Kier alpha value is -7.64. The first-order chi connectivity index (χ1) is 29.3. The Bertz CT molecular complexity index is 2630. The minimum absolute atomic E-state index is 0.00294. The van der Waals surface area contributed by atoms with Crippen molar-refractivity contribution in [3.8, 4) is 0 Å². The van der Waals surface area contributed by atoms with Crippen LogP contribution < -0.4 is 0 Å². The molecule has 2 aliphatic rings. The number of carboxylic acids is 7. The number of nitrogens with zero attached hydrogens (tertiary/aromatic N) is 2. The molecule has 3 aromatic heterocycles. The van der Waals surface area contributed by atoms with E-state index < -0.39 is 99.1 Å². The number of allylic oxidation sites excluding steroid dienone is 2. The molecule has 62 heavy (non-hydrogen) atoms. The molecular formula is C42H42N4O16. The number of aliphatic carboxylic acids is 7. The molecule has 0 saturated heterocycles. The van der Waals surface area contributed by atoms with E-state index in [1.807, 2.05) is 0 Å². The third-order valence-electron chi connectivity index (χ3n) is 10.1. The van der Waals surface area contributed by atoms with Gasteiger partial charge in [0.1, 0.15) is 0 Å². The van der Waals surface area contributed by atoms with Gasteiger partial charge in [0.15, 0.2) is 0 Å². The number of carboxylic acid groups (broad SMARTS) is 7. The summed E-state index contributed by atoms with van der Waals surface area (Å²) >= 11 is 0. The fourth-order valence-corrected chi connectivity index (χ4v) is 7.57. The highest BCUT2D eigenvalue weighted by Gasteiger charge is 2.28. The van der Waals surface area contributed by atoms with E-state index in [1.165, 1.54) is 24.3 Å². The molecule has 0 fully saturated rings. The predicted octanol–water partition coefficient (Wildman–Crippen LogP) is 4.58. The maximum atomic E-state index is 13.1. The van der Waals surface area contributed by atoms with Crippen LogP contribution in [0.1, 0.15) is 103 Å². The SMILES string of the molecule is CCOC(=O)Cc1c(CCC(=O)O)c2cc3nc(cc4nc(cc5[nH]c(cc1[nH]2)c(CCC(=O)O)c5CC(=O)O)C(CCC(=O)O)=C4CC(=O)O)C(CCC(=O)O)=C3CC(=O)O. The molecule has 5 heterocycles. The van der Waals surface area contributed by atoms with Crippen molar-refractivity contribution >= 4 is 92.1 Å². The maximum Gasteiger partial charge on any atom is 0.310 e. The van der Waals surface area contributed by atoms with Crippen LogP contribution in [-0.4, -0.2) is 110 Å². The number of hydrogen-bond acceptors (Lipinski definition) is 11. The van der Waals surface area contributed by atoms with Crippen LogP contribution in [0.5, 0.6) is 0 Å². The summed E-state index contributed by atoms with van der Waals surface area (Å²) in [6.07, 6.45) is -5.22. The first-order valence-corrected chi connectivity index (χ1v) is 19.3. The van der Waals surface area contributed by atoms with Gasteiger partial charge >= 0.3 is 47.8 Å². The van der Waals surface area contributed by atoms with Crippen molar-refractivity contribution in [1.82, 2.24) is 19.9 Å². The molecule has 20 heteroatoms. The van der Waals surface area contributed by atoms with Crippen LogP contribution in [0.15, 0.2) is 24.3 Å². The van der Waals surface area contributed by atoms with Crippen molar-refractivity contribution in [2.45, 2.75) is 84.0 Å². The average molecular weight is 859 g/mol. The summed E-state index contributed by atoms with van der Waals surface area (Å²) in [5.41, 5.74) is 1.84. The molecule has 0 aromatic carbocycles. The second kappa shape index (κ2) is 19.6. The summed E-state index contributed by atoms with van der Waals surface area (Å²) in [5.74, 6) is -9.56. The quantitative estimate of drug-likeness (QED) is 0.0662. The number of fused-ring (bicyclic) bond motifs is 8. The molecule has 2 aliphatic heterocycles. The van der Waals surface area contributed by atoms with E-state index in [-0.39, 0.29) is 122 Å². The van der Waals surface area contributed by atoms with Crippen LogP contribution in [0.3, 0.4) is 0 Å². The molecule has 0 aliphatic carbocycles. The van der Waals surface area contributed by atoms with E-state index in [9.17, 15) is 74.1 Å². The van der Waals surface area contributed by atoms with Gasteiger partial charge in [0.2, 0.25) is 0 Å². The van der Waals surface area contributed by atoms with Crippen molar-refractivity contribution in [1.29, 1.82) is 0 Å². The standard InChI is InChI=1S/C42H42N4O16/c1-2-62-42(61)14-26-22(6-10-38(53)54)30-17-33-24(12-40(57)58)20(4-8-36(49)50)28(44-33)15-31-23(11-39(55)56)19(3-7-35(47)48)27(43-31)16-32-25(13-41(59)60)21(5-9-37(51)52)29(45-32)18-34(26)46-30/h15-18,45-46H,2-14H2,1H3,(H,47,48)(H,49,50)(H,51,52)(H,53,54)(H,55,56)(H,57,58)(H,59,60). The van der Waals surface area contributed by atoms with E-state index in [4.69, 9.17) is 9.72 Å². The van der Waals surface area contributed by atoms with Gasteiger partial charge in [0.25, 0.3) is 0 Å². The van der Waals surface area contributed by atoms with E-state index in [0.29, 0.717) is 0 Å². The maximum absolute atomic E-state index is 13.1. The second-order valence-electron chi connectivity index (χ2n) is 14.3. The first-order valence-electron chi connectivity index (χ1n) is 19.3. The van der Waals surface area contributed by atoms with E-state index in [1.54, 1.807) is 6.92 Å². The summed E-state index contributed by atoms with van der Waals surface area (Å²) in [6.45, 7) is 1.58. The predicted molar refractivity (Wildman–Crippen MR) is 216 cm³/mol. The van der Waals surface area contributed by atoms with Gasteiger partial charge in [-0.3, -0.25) is 38.4 Å². The zero-order valence-electron chi connectivity index (χ0n) is 33.2. The number of carbonyl (C=O) groups excluding carboxylic acids is 1. The van der Waals surface area contributed by atoms with E-state index >= 15 is 0 Å². The van der Waals surface area contributed by atoms with Crippen molar-refractivity contribution in [2.75, 3.05) is 6.61 Å². The molecule has 0 unspecified atom stereocenters. The van der Waals surface area contributed by atoms with Crippen LogP contribution in [0, 0.1) is 0 Å². The Balaban J connectivity index is 2.10. The molecule has 8 bridgehead atoms. The molecule has 0 saturated carbocycles. The minimum atomic E-state index is -1.34. The Morgan fingerprint density at radius 1 is 0.435 bits per heavy atom. The lowest BCUT2D eigenvalue weighted by Gasteiger charge is -2.07. The number of rotatable bonds is 21. The second-order valence-corrected chi connectivity index (χ2v) is 14.3. The van der Waals surface area contributed by atoms with Gasteiger partial charge in [-0.15, -0.1) is 0 Å². The Morgan fingerprint density at radius 3 is 1.23 bits per heavy atom. The molecule has 326 valence electrons. The summed E-state index contributed by atoms with van der Waals surface area (Å²) < 4.78 is 5.24. The third-order valence-corrected chi connectivity index (χ3v) is 10.1. The lowest BCUT2D eigenvalue weighted by atomic mass is 9.95.